The van der Waals surface area contributed by atoms with Crippen LogP contribution in [0.4, 0.5) is 0 Å². The van der Waals surface area contributed by atoms with Crippen LogP contribution in [0, 0.1) is 5.41 Å². The van der Waals surface area contributed by atoms with Crippen LogP contribution in [0.5, 0.6) is 11.5 Å². The average molecular weight is 177 g/mol. The Labute approximate surface area is 73.2 Å². The number of nitrogens with one attached hydrogen (secondary N) is 1. The van der Waals surface area contributed by atoms with Gasteiger partial charge in [-0.1, -0.05) is 0 Å². The molecule has 66 valence electrons. The van der Waals surface area contributed by atoms with E-state index in [-0.39, 0.29) is 17.1 Å². The smallest absolute Gasteiger partial charge is 0.211 e. The van der Waals surface area contributed by atoms with Gasteiger partial charge in [0.1, 0.15) is 5.58 Å². The van der Waals surface area contributed by atoms with Crippen molar-refractivity contribution in [2.24, 2.45) is 0 Å². The lowest BCUT2D eigenvalue weighted by Gasteiger charge is -1.99. The van der Waals surface area contributed by atoms with Crippen LogP contribution < -0.4 is 5.55 Å². The van der Waals surface area contributed by atoms with Crippen molar-refractivity contribution in [3.63, 3.8) is 0 Å². The molecule has 0 saturated carbocycles. The number of fused-ring (bicyclic) bond motifs is 1. The first-order valence-electron chi connectivity index (χ1n) is 3.67. The largest absolute Gasteiger partial charge is 0.504 e. The summed E-state index contributed by atoms with van der Waals surface area (Å²) in [4.78, 5) is 0. The molecule has 2 aromatic rings. The Bertz CT molecular complexity index is 516. The van der Waals surface area contributed by atoms with Crippen LogP contribution in [0.2, 0.25) is 0 Å². The van der Waals surface area contributed by atoms with Gasteiger partial charge in [0, 0.05) is 17.5 Å². The third kappa shape index (κ3) is 1.22. The van der Waals surface area contributed by atoms with Gasteiger partial charge in [0.15, 0.2) is 11.5 Å². The standard InChI is InChI=1S/C9H7NO3/c10-9-2-1-5-3-6(11)7(12)4-8(5)13-9/h1-4,10-12H. The molecule has 1 aromatic carbocycles. The fourth-order valence-electron chi connectivity index (χ4n) is 1.11. The van der Waals surface area contributed by atoms with Crippen molar-refractivity contribution < 1.29 is 14.6 Å². The van der Waals surface area contributed by atoms with Crippen LogP contribution in [-0.2, 0) is 0 Å². The Morgan fingerprint density at radius 1 is 1.08 bits per heavy atom. The van der Waals surface area contributed by atoms with Crippen molar-refractivity contribution in [3.8, 4) is 11.5 Å². The van der Waals surface area contributed by atoms with Crippen molar-refractivity contribution in [2.45, 2.75) is 0 Å². The van der Waals surface area contributed by atoms with Crippen LogP contribution in [0.1, 0.15) is 0 Å². The molecule has 1 heterocycles. The summed E-state index contributed by atoms with van der Waals surface area (Å²) in [6.07, 6.45) is 0. The molecule has 0 radical (unpaired) electrons. The lowest BCUT2D eigenvalue weighted by molar-refractivity contribution is 0.403. The maximum atomic E-state index is 9.15. The van der Waals surface area contributed by atoms with Gasteiger partial charge in [-0.3, -0.25) is 5.41 Å². The molecule has 0 aliphatic rings. The molecular weight excluding hydrogens is 170 g/mol. The van der Waals surface area contributed by atoms with E-state index in [0.717, 1.165) is 0 Å². The normalized spacial score (nSPS) is 10.5. The maximum absolute atomic E-state index is 9.15. The number of benzene rings is 1. The van der Waals surface area contributed by atoms with Crippen molar-refractivity contribution in [1.29, 1.82) is 5.41 Å². The maximum Gasteiger partial charge on any atom is 0.211 e. The number of phenols is 2. The molecule has 4 heteroatoms. The Kier molecular flexibility index (Phi) is 1.48. The highest BCUT2D eigenvalue weighted by atomic mass is 16.3. The van der Waals surface area contributed by atoms with Crippen LogP contribution in [-0.4, -0.2) is 10.2 Å². The summed E-state index contributed by atoms with van der Waals surface area (Å²) in [6.45, 7) is 0. The lowest BCUT2D eigenvalue weighted by Crippen LogP contribution is -1.94. The molecular formula is C9H7NO3. The summed E-state index contributed by atoms with van der Waals surface area (Å²) < 4.78 is 4.99. The van der Waals surface area contributed by atoms with Gasteiger partial charge in [-0.05, 0) is 12.1 Å². The number of hydrogen-bond acceptors (Lipinski definition) is 4. The van der Waals surface area contributed by atoms with Crippen LogP contribution in [0.15, 0.2) is 28.7 Å². The molecule has 0 spiro atoms. The zero-order valence-corrected chi connectivity index (χ0v) is 6.61. The lowest BCUT2D eigenvalue weighted by atomic mass is 10.2. The molecule has 0 aliphatic heterocycles. The van der Waals surface area contributed by atoms with Crippen LogP contribution in [0.3, 0.4) is 0 Å². The molecule has 0 bridgehead atoms. The Morgan fingerprint density at radius 2 is 1.77 bits per heavy atom. The predicted octanol–water partition coefficient (Wildman–Crippen LogP) is 1.32. The zero-order valence-electron chi connectivity index (χ0n) is 6.61. The summed E-state index contributed by atoms with van der Waals surface area (Å²) in [5, 5.41) is 26.1. The van der Waals surface area contributed by atoms with Crippen molar-refractivity contribution in [2.75, 3.05) is 0 Å². The van der Waals surface area contributed by atoms with Crippen molar-refractivity contribution in [1.82, 2.24) is 0 Å². The molecule has 4 nitrogen and oxygen atoms in total. The number of rotatable bonds is 0. The van der Waals surface area contributed by atoms with E-state index in [2.05, 4.69) is 0 Å². The van der Waals surface area contributed by atoms with Crippen LogP contribution >= 0.6 is 0 Å². The van der Waals surface area contributed by atoms with E-state index in [9.17, 15) is 0 Å². The van der Waals surface area contributed by atoms with Crippen LogP contribution in [0.25, 0.3) is 11.0 Å². The highest BCUT2D eigenvalue weighted by molar-refractivity contribution is 5.80. The molecule has 0 unspecified atom stereocenters. The molecule has 13 heavy (non-hydrogen) atoms. The van der Waals surface area contributed by atoms with E-state index in [0.29, 0.717) is 11.0 Å². The van der Waals surface area contributed by atoms with Crippen molar-refractivity contribution >= 4 is 11.0 Å². The summed E-state index contributed by atoms with van der Waals surface area (Å²) in [5.41, 5.74) is 0.389. The second kappa shape index (κ2) is 2.52. The minimum atomic E-state index is -0.248. The fraction of sp³-hybridized carbons (Fsp3) is 0. The summed E-state index contributed by atoms with van der Waals surface area (Å²) in [5.74, 6) is -0.442. The number of phenolic OH excluding ortho intramolecular Hbond substituents is 2. The quantitative estimate of drug-likeness (QED) is 0.531. The summed E-state index contributed by atoms with van der Waals surface area (Å²) in [6, 6.07) is 5.77. The Balaban J connectivity index is 2.89. The first kappa shape index (κ1) is 7.67. The minimum Gasteiger partial charge on any atom is -0.504 e. The molecule has 0 aliphatic carbocycles. The Hall–Kier alpha value is -1.97. The molecule has 3 N–H and O–H groups in total. The van der Waals surface area contributed by atoms with Gasteiger partial charge in [-0.15, -0.1) is 0 Å². The molecule has 0 fully saturated rings. The van der Waals surface area contributed by atoms with E-state index in [4.69, 9.17) is 20.0 Å². The predicted molar refractivity (Wildman–Crippen MR) is 45.4 cm³/mol. The third-order valence-electron chi connectivity index (χ3n) is 1.74. The number of hydrogen-bond donors (Lipinski definition) is 3. The van der Waals surface area contributed by atoms with Crippen molar-refractivity contribution in [3.05, 3.63) is 29.8 Å². The van der Waals surface area contributed by atoms with Gasteiger partial charge in [-0.25, -0.2) is 0 Å². The van der Waals surface area contributed by atoms with Gasteiger partial charge >= 0.3 is 0 Å². The average Bonchev–Trinajstić information content (AvgIpc) is 2.08. The van der Waals surface area contributed by atoms with Gasteiger partial charge in [-0.2, -0.15) is 0 Å². The minimum absolute atomic E-state index is 0.0117. The first-order chi connectivity index (χ1) is 6.16. The second-order valence-corrected chi connectivity index (χ2v) is 2.68. The summed E-state index contributed by atoms with van der Waals surface area (Å²) >= 11 is 0. The SMILES string of the molecule is N=c1ccc2cc(O)c(O)cc2o1. The molecule has 2 rings (SSSR count). The molecule has 1 aromatic heterocycles. The topological polar surface area (TPSA) is 77.5 Å². The molecule has 0 saturated heterocycles. The van der Waals surface area contributed by atoms with E-state index in [1.165, 1.54) is 18.2 Å². The van der Waals surface area contributed by atoms with E-state index in [1.54, 1.807) is 6.07 Å². The Morgan fingerprint density at radius 3 is 2.54 bits per heavy atom. The van der Waals surface area contributed by atoms with Gasteiger partial charge in [0.2, 0.25) is 5.55 Å². The van der Waals surface area contributed by atoms with E-state index < -0.39 is 0 Å². The van der Waals surface area contributed by atoms with Gasteiger partial charge in [0.05, 0.1) is 0 Å². The van der Waals surface area contributed by atoms with E-state index >= 15 is 0 Å². The third-order valence-corrected chi connectivity index (χ3v) is 1.74. The van der Waals surface area contributed by atoms with E-state index in [1.807, 2.05) is 0 Å². The fourth-order valence-corrected chi connectivity index (χ4v) is 1.11. The van der Waals surface area contributed by atoms with Gasteiger partial charge in [0.25, 0.3) is 0 Å². The zero-order chi connectivity index (χ0) is 9.42. The summed E-state index contributed by atoms with van der Waals surface area (Å²) in [7, 11) is 0. The first-order valence-corrected chi connectivity index (χ1v) is 3.67. The monoisotopic (exact) mass is 177 g/mol. The highest BCUT2D eigenvalue weighted by Crippen LogP contribution is 2.28. The van der Waals surface area contributed by atoms with Gasteiger partial charge < -0.3 is 14.6 Å². The highest BCUT2D eigenvalue weighted by Gasteiger charge is 2.02. The molecule has 0 atom stereocenters. The molecule has 0 amide bonds. The number of aromatic hydroxyl groups is 2. The second-order valence-electron chi connectivity index (χ2n) is 2.68.